The van der Waals surface area contributed by atoms with E-state index in [9.17, 15) is 19.2 Å². The quantitative estimate of drug-likeness (QED) is 0.143. The van der Waals surface area contributed by atoms with Gasteiger partial charge in [0.15, 0.2) is 11.6 Å². The Kier molecular flexibility index (Phi) is 8.74. The number of fused-ring (bicyclic) bond motifs is 2. The molecule has 0 spiro atoms. The van der Waals surface area contributed by atoms with Crippen molar-refractivity contribution in [3.8, 4) is 0 Å². The fourth-order valence-electron chi connectivity index (χ4n) is 4.37. The first-order valence-corrected chi connectivity index (χ1v) is 14.5. The van der Waals surface area contributed by atoms with E-state index >= 15 is 0 Å². The smallest absolute Gasteiger partial charge is 0.258 e. The van der Waals surface area contributed by atoms with Gasteiger partial charge in [0.05, 0.1) is 73.8 Å². The second-order valence-electron chi connectivity index (χ2n) is 8.71. The van der Waals surface area contributed by atoms with Gasteiger partial charge in [-0.2, -0.15) is 0 Å². The summed E-state index contributed by atoms with van der Waals surface area (Å²) in [6.07, 6.45) is 0. The molecule has 0 atom stereocenters. The molecule has 0 bridgehead atoms. The predicted octanol–water partition coefficient (Wildman–Crippen LogP) is 10.2. The topological polar surface area (TPSA) is 92.3 Å². The molecule has 6 nitrogen and oxygen atoms in total. The Bertz CT molecular complexity index is 1770. The summed E-state index contributed by atoms with van der Waals surface area (Å²) >= 11 is 48.9. The van der Waals surface area contributed by atoms with E-state index in [1.165, 1.54) is 48.5 Å². The molecule has 0 radical (unpaired) electrons. The molecule has 2 amide bonds. The highest BCUT2D eigenvalue weighted by Crippen LogP contribution is 2.41. The van der Waals surface area contributed by atoms with Crippen LogP contribution in [0.2, 0.25) is 40.2 Å². The lowest BCUT2D eigenvalue weighted by molar-refractivity contribution is 0.0977. The van der Waals surface area contributed by atoms with Crippen molar-refractivity contribution < 1.29 is 19.2 Å². The third kappa shape index (κ3) is 5.25. The number of anilines is 2. The van der Waals surface area contributed by atoms with Gasteiger partial charge in [-0.1, -0.05) is 117 Å². The fraction of sp³-hybridized carbons (Fsp3) is 0. The molecule has 0 heterocycles. The minimum Gasteiger partial charge on any atom is -0.321 e. The van der Waals surface area contributed by atoms with Crippen LogP contribution in [-0.2, 0) is 0 Å². The standard InChI is InChI=1S/C28H10Cl8N2O4/c29-11-7-13(31)21(33)23(35)19(11)27(41)37-15-5-1-3-9-17(15)26(40)10-4-2-6-16(18(10)25(9)39)38-28(42)20-12(30)8-14(32)22(34)24(20)36/h1-8H,(H,37,41)(H,38,42). The highest BCUT2D eigenvalue weighted by Gasteiger charge is 2.35. The van der Waals surface area contributed by atoms with Crippen molar-refractivity contribution in [1.82, 2.24) is 0 Å². The minimum absolute atomic E-state index is 0.0171. The minimum atomic E-state index is -0.792. The Labute approximate surface area is 277 Å². The van der Waals surface area contributed by atoms with Crippen molar-refractivity contribution in [3.63, 3.8) is 0 Å². The van der Waals surface area contributed by atoms with Gasteiger partial charge < -0.3 is 10.6 Å². The molecule has 0 saturated carbocycles. The van der Waals surface area contributed by atoms with Crippen LogP contribution in [0, 0.1) is 0 Å². The number of amides is 2. The molecule has 0 aliphatic heterocycles. The van der Waals surface area contributed by atoms with E-state index < -0.39 is 23.4 Å². The van der Waals surface area contributed by atoms with E-state index in [0.717, 1.165) is 0 Å². The average molecular weight is 722 g/mol. The number of carbonyl (C=O) groups is 4. The van der Waals surface area contributed by atoms with Crippen molar-refractivity contribution in [2.75, 3.05) is 10.6 Å². The zero-order chi connectivity index (χ0) is 30.6. The molecule has 14 heteroatoms. The number of nitrogens with one attached hydrogen (secondary N) is 2. The highest BCUT2D eigenvalue weighted by atomic mass is 35.5. The van der Waals surface area contributed by atoms with E-state index in [1.54, 1.807) is 0 Å². The maximum atomic E-state index is 13.7. The highest BCUT2D eigenvalue weighted by molar-refractivity contribution is 6.52. The van der Waals surface area contributed by atoms with Crippen molar-refractivity contribution >= 4 is 128 Å². The van der Waals surface area contributed by atoms with E-state index in [1.807, 2.05) is 0 Å². The maximum absolute atomic E-state index is 13.7. The van der Waals surface area contributed by atoms with Crippen LogP contribution >= 0.6 is 92.8 Å². The first-order valence-electron chi connectivity index (χ1n) is 11.5. The monoisotopic (exact) mass is 718 g/mol. The average Bonchev–Trinajstić information content (AvgIpc) is 2.93. The molecule has 42 heavy (non-hydrogen) atoms. The van der Waals surface area contributed by atoms with Crippen LogP contribution in [-0.4, -0.2) is 23.4 Å². The van der Waals surface area contributed by atoms with Gasteiger partial charge in [0.25, 0.3) is 11.8 Å². The maximum Gasteiger partial charge on any atom is 0.258 e. The normalized spacial score (nSPS) is 12.1. The van der Waals surface area contributed by atoms with Crippen LogP contribution in [0.1, 0.15) is 52.6 Å². The number of hydrogen-bond donors (Lipinski definition) is 2. The number of hydrogen-bond acceptors (Lipinski definition) is 4. The van der Waals surface area contributed by atoms with Crippen molar-refractivity contribution in [3.05, 3.63) is 122 Å². The van der Waals surface area contributed by atoms with E-state index in [0.29, 0.717) is 0 Å². The summed E-state index contributed by atoms with van der Waals surface area (Å²) in [7, 11) is 0. The van der Waals surface area contributed by atoms with E-state index in [2.05, 4.69) is 10.6 Å². The Hall–Kier alpha value is -2.52. The van der Waals surface area contributed by atoms with Gasteiger partial charge in [-0.25, -0.2) is 0 Å². The number of benzene rings is 4. The second-order valence-corrected chi connectivity index (χ2v) is 11.8. The van der Waals surface area contributed by atoms with Crippen LogP contribution in [0.5, 0.6) is 0 Å². The molecule has 0 unspecified atom stereocenters. The van der Waals surface area contributed by atoms with Gasteiger partial charge in [-0.05, 0) is 24.3 Å². The molecule has 5 rings (SSSR count). The van der Waals surface area contributed by atoms with Gasteiger partial charge in [0.2, 0.25) is 0 Å². The Balaban J connectivity index is 1.53. The molecule has 0 fully saturated rings. The lowest BCUT2D eigenvalue weighted by atomic mass is 9.82. The van der Waals surface area contributed by atoms with Crippen LogP contribution in [0.15, 0.2) is 48.5 Å². The van der Waals surface area contributed by atoms with Crippen molar-refractivity contribution in [2.24, 2.45) is 0 Å². The number of rotatable bonds is 4. The summed E-state index contributed by atoms with van der Waals surface area (Å²) < 4.78 is 0. The molecular weight excluding hydrogens is 712 g/mol. The third-order valence-electron chi connectivity index (χ3n) is 6.25. The zero-order valence-corrected chi connectivity index (χ0v) is 26.3. The molecule has 2 N–H and O–H groups in total. The van der Waals surface area contributed by atoms with Gasteiger partial charge in [0, 0.05) is 11.1 Å². The Morgan fingerprint density at radius 3 is 1.21 bits per heavy atom. The molecule has 4 aromatic carbocycles. The number of carbonyl (C=O) groups excluding carboxylic acids is 4. The van der Waals surface area contributed by atoms with Gasteiger partial charge >= 0.3 is 0 Å². The molecule has 0 saturated heterocycles. The SMILES string of the molecule is O=C1c2cccc(NC(=O)c3c(Cl)cc(Cl)c(Cl)c3Cl)c2C(=O)c2cccc(NC(=O)c3c(Cl)cc(Cl)c(Cl)c3Cl)c21. The first-order chi connectivity index (χ1) is 19.8. The lowest BCUT2D eigenvalue weighted by Crippen LogP contribution is -2.26. The summed E-state index contributed by atoms with van der Waals surface area (Å²) in [5, 5.41) is 4.56. The summed E-state index contributed by atoms with van der Waals surface area (Å²) in [6, 6.07) is 11.2. The van der Waals surface area contributed by atoms with E-state index in [-0.39, 0.29) is 84.9 Å². The predicted molar refractivity (Wildman–Crippen MR) is 169 cm³/mol. The third-order valence-corrected chi connectivity index (χ3v) is 9.37. The second kappa shape index (κ2) is 11.9. The number of halogens is 8. The Morgan fingerprint density at radius 1 is 0.500 bits per heavy atom. The van der Waals surface area contributed by atoms with Gasteiger partial charge in [-0.15, -0.1) is 0 Å². The zero-order valence-electron chi connectivity index (χ0n) is 20.3. The summed E-state index contributed by atoms with van der Waals surface area (Å²) in [5.74, 6) is -2.77. The molecule has 0 aromatic heterocycles. The molecule has 1 aliphatic rings. The van der Waals surface area contributed by atoms with Crippen LogP contribution in [0.3, 0.4) is 0 Å². The fourth-order valence-corrected chi connectivity index (χ4v) is 6.54. The van der Waals surface area contributed by atoms with Crippen LogP contribution in [0.4, 0.5) is 11.4 Å². The van der Waals surface area contributed by atoms with Crippen LogP contribution < -0.4 is 10.6 Å². The molecule has 4 aromatic rings. The van der Waals surface area contributed by atoms with Crippen molar-refractivity contribution in [1.29, 1.82) is 0 Å². The van der Waals surface area contributed by atoms with Crippen LogP contribution in [0.25, 0.3) is 0 Å². The van der Waals surface area contributed by atoms with Gasteiger partial charge in [-0.3, -0.25) is 19.2 Å². The number of ketones is 2. The summed E-state index contributed by atoms with van der Waals surface area (Å²) in [4.78, 5) is 53.9. The van der Waals surface area contributed by atoms with Crippen molar-refractivity contribution in [2.45, 2.75) is 0 Å². The van der Waals surface area contributed by atoms with Gasteiger partial charge in [0.1, 0.15) is 0 Å². The lowest BCUT2D eigenvalue weighted by Gasteiger charge is -2.23. The molecule has 1 aliphatic carbocycles. The summed E-state index contributed by atoms with van der Waals surface area (Å²) in [6.45, 7) is 0. The Morgan fingerprint density at radius 2 is 0.857 bits per heavy atom. The molecule has 212 valence electrons. The largest absolute Gasteiger partial charge is 0.321 e. The molecular formula is C28H10Cl8N2O4. The van der Waals surface area contributed by atoms with E-state index in [4.69, 9.17) is 92.8 Å². The first kappa shape index (κ1) is 30.9. The summed E-state index contributed by atoms with van der Waals surface area (Å²) in [5.41, 5.74) is -0.515.